The summed E-state index contributed by atoms with van der Waals surface area (Å²) in [6.07, 6.45) is 3.41. The number of amides is 1. The molecule has 1 atom stereocenters. The minimum atomic E-state index is -0.504. The number of carbonyl (C=O) groups is 1. The van der Waals surface area contributed by atoms with Gasteiger partial charge in [0.05, 0.1) is 17.8 Å². The summed E-state index contributed by atoms with van der Waals surface area (Å²) in [6.45, 7) is 2.74. The van der Waals surface area contributed by atoms with Crippen LogP contribution in [-0.4, -0.2) is 49.0 Å². The summed E-state index contributed by atoms with van der Waals surface area (Å²) in [4.78, 5) is 18.4. The molecule has 3 heterocycles. The molecule has 8 nitrogen and oxygen atoms in total. The van der Waals surface area contributed by atoms with Gasteiger partial charge < -0.3 is 9.42 Å². The molecule has 4 rings (SSSR count). The fourth-order valence-electron chi connectivity index (χ4n) is 3.12. The van der Waals surface area contributed by atoms with Gasteiger partial charge in [0.2, 0.25) is 11.7 Å². The molecule has 1 aliphatic rings. The van der Waals surface area contributed by atoms with Crippen LogP contribution in [0.1, 0.15) is 35.1 Å². The third kappa shape index (κ3) is 3.07. The lowest BCUT2D eigenvalue weighted by molar-refractivity contribution is 0.0667. The van der Waals surface area contributed by atoms with Crippen molar-refractivity contribution in [1.82, 2.24) is 30.0 Å². The molecule has 0 spiro atoms. The predicted octanol–water partition coefficient (Wildman–Crippen LogP) is 2.25. The predicted molar refractivity (Wildman–Crippen MR) is 88.6 cm³/mol. The van der Waals surface area contributed by atoms with Gasteiger partial charge in [-0.25, -0.2) is 9.07 Å². The fourth-order valence-corrected chi connectivity index (χ4v) is 3.12. The number of hydrogen-bond acceptors (Lipinski definition) is 6. The van der Waals surface area contributed by atoms with E-state index in [1.54, 1.807) is 34.8 Å². The van der Waals surface area contributed by atoms with Crippen LogP contribution in [0.4, 0.5) is 4.39 Å². The number of halogens is 1. The van der Waals surface area contributed by atoms with Crippen LogP contribution in [0.3, 0.4) is 0 Å². The summed E-state index contributed by atoms with van der Waals surface area (Å²) >= 11 is 0. The molecule has 1 amide bonds. The van der Waals surface area contributed by atoms with Crippen molar-refractivity contribution in [1.29, 1.82) is 0 Å². The van der Waals surface area contributed by atoms with Gasteiger partial charge in [0.1, 0.15) is 5.82 Å². The highest BCUT2D eigenvalue weighted by Crippen LogP contribution is 2.24. The molecule has 2 aromatic heterocycles. The first-order valence-electron chi connectivity index (χ1n) is 8.38. The Balaban J connectivity index is 1.51. The Bertz CT molecular complexity index is 937. The van der Waals surface area contributed by atoms with E-state index >= 15 is 0 Å². The zero-order chi connectivity index (χ0) is 18.1. The SMILES string of the molecule is Cc1nc(-c2cn([C@H]3CCCN(C(=O)c4ccccc4F)C3)nn2)no1. The summed E-state index contributed by atoms with van der Waals surface area (Å²) in [5.41, 5.74) is 0.606. The molecule has 134 valence electrons. The average molecular weight is 356 g/mol. The van der Waals surface area contributed by atoms with Gasteiger partial charge in [-0.05, 0) is 25.0 Å². The van der Waals surface area contributed by atoms with Crippen LogP contribution in [-0.2, 0) is 0 Å². The van der Waals surface area contributed by atoms with Crippen molar-refractivity contribution < 1.29 is 13.7 Å². The van der Waals surface area contributed by atoms with Crippen molar-refractivity contribution in [3.63, 3.8) is 0 Å². The van der Waals surface area contributed by atoms with E-state index in [2.05, 4.69) is 20.5 Å². The third-order valence-electron chi connectivity index (χ3n) is 4.43. The quantitative estimate of drug-likeness (QED) is 0.715. The molecule has 0 bridgehead atoms. The first kappa shape index (κ1) is 16.4. The van der Waals surface area contributed by atoms with Gasteiger partial charge in [0.25, 0.3) is 5.91 Å². The van der Waals surface area contributed by atoms with Crippen LogP contribution in [0.15, 0.2) is 35.0 Å². The van der Waals surface area contributed by atoms with Gasteiger partial charge in [-0.15, -0.1) is 5.10 Å². The Labute approximate surface area is 148 Å². The molecule has 26 heavy (non-hydrogen) atoms. The maximum Gasteiger partial charge on any atom is 0.256 e. The summed E-state index contributed by atoms with van der Waals surface area (Å²) in [7, 11) is 0. The molecule has 0 radical (unpaired) electrons. The standard InChI is InChI=1S/C17H17FN6O2/c1-11-19-16(21-26-11)15-10-24(22-20-15)12-5-4-8-23(9-12)17(25)13-6-2-3-7-14(13)18/h2-3,6-7,10,12H,4-5,8-9H2,1H3/t12-/m0/s1. The minimum Gasteiger partial charge on any atom is -0.339 e. The largest absolute Gasteiger partial charge is 0.339 e. The monoisotopic (exact) mass is 356 g/mol. The number of nitrogens with zero attached hydrogens (tertiary/aromatic N) is 6. The van der Waals surface area contributed by atoms with Crippen molar-refractivity contribution in [2.75, 3.05) is 13.1 Å². The number of carbonyl (C=O) groups excluding carboxylic acids is 1. The molecule has 3 aromatic rings. The number of hydrogen-bond donors (Lipinski definition) is 0. The molecule has 1 fully saturated rings. The maximum absolute atomic E-state index is 13.9. The van der Waals surface area contributed by atoms with Crippen LogP contribution >= 0.6 is 0 Å². The van der Waals surface area contributed by atoms with Gasteiger partial charge >= 0.3 is 0 Å². The Kier molecular flexibility index (Phi) is 4.19. The van der Waals surface area contributed by atoms with Crippen molar-refractivity contribution in [2.45, 2.75) is 25.8 Å². The van der Waals surface area contributed by atoms with Gasteiger partial charge in [-0.3, -0.25) is 4.79 Å². The highest BCUT2D eigenvalue weighted by molar-refractivity contribution is 5.94. The van der Waals surface area contributed by atoms with E-state index in [1.165, 1.54) is 12.1 Å². The molecule has 0 aliphatic carbocycles. The lowest BCUT2D eigenvalue weighted by Crippen LogP contribution is -2.41. The highest BCUT2D eigenvalue weighted by atomic mass is 19.1. The maximum atomic E-state index is 13.9. The van der Waals surface area contributed by atoms with Crippen LogP contribution in [0.25, 0.3) is 11.5 Å². The van der Waals surface area contributed by atoms with Crippen LogP contribution in [0.2, 0.25) is 0 Å². The molecule has 0 unspecified atom stereocenters. The van der Waals surface area contributed by atoms with E-state index < -0.39 is 5.82 Å². The lowest BCUT2D eigenvalue weighted by Gasteiger charge is -2.32. The Morgan fingerprint density at radius 3 is 2.96 bits per heavy atom. The Morgan fingerprint density at radius 2 is 2.19 bits per heavy atom. The number of piperidine rings is 1. The summed E-state index contributed by atoms with van der Waals surface area (Å²) < 4.78 is 20.6. The molecular formula is C17H17FN6O2. The van der Waals surface area contributed by atoms with Gasteiger partial charge in [-0.2, -0.15) is 4.98 Å². The number of rotatable bonds is 3. The second kappa shape index (κ2) is 6.66. The minimum absolute atomic E-state index is 0.0336. The van der Waals surface area contributed by atoms with Crippen molar-refractivity contribution in [2.24, 2.45) is 0 Å². The molecule has 1 aromatic carbocycles. The van der Waals surface area contributed by atoms with E-state index in [1.807, 2.05) is 0 Å². The van der Waals surface area contributed by atoms with E-state index in [4.69, 9.17) is 4.52 Å². The molecule has 1 saturated heterocycles. The highest BCUT2D eigenvalue weighted by Gasteiger charge is 2.28. The zero-order valence-electron chi connectivity index (χ0n) is 14.2. The topological polar surface area (TPSA) is 89.9 Å². The zero-order valence-corrected chi connectivity index (χ0v) is 14.2. The van der Waals surface area contributed by atoms with Crippen molar-refractivity contribution in [3.8, 4) is 11.5 Å². The van der Waals surface area contributed by atoms with Crippen molar-refractivity contribution >= 4 is 5.91 Å². The normalized spacial score (nSPS) is 17.5. The van der Waals surface area contributed by atoms with Crippen LogP contribution < -0.4 is 0 Å². The van der Waals surface area contributed by atoms with E-state index in [-0.39, 0.29) is 17.5 Å². The van der Waals surface area contributed by atoms with Crippen LogP contribution in [0, 0.1) is 12.7 Å². The molecule has 0 saturated carbocycles. The number of aryl methyl sites for hydroxylation is 1. The summed E-state index contributed by atoms with van der Waals surface area (Å²) in [6, 6.07) is 6.00. The smallest absolute Gasteiger partial charge is 0.256 e. The molecule has 9 heteroatoms. The van der Waals surface area contributed by atoms with E-state index in [0.29, 0.717) is 30.5 Å². The van der Waals surface area contributed by atoms with Gasteiger partial charge in [0, 0.05) is 20.0 Å². The molecular weight excluding hydrogens is 339 g/mol. The second-order valence-corrected chi connectivity index (χ2v) is 6.25. The first-order chi connectivity index (χ1) is 12.6. The lowest BCUT2D eigenvalue weighted by atomic mass is 10.0. The number of benzene rings is 1. The Morgan fingerprint density at radius 1 is 1.35 bits per heavy atom. The number of aromatic nitrogens is 5. The van der Waals surface area contributed by atoms with E-state index in [9.17, 15) is 9.18 Å². The third-order valence-corrected chi connectivity index (χ3v) is 4.43. The summed E-state index contributed by atoms with van der Waals surface area (Å²) in [5, 5.41) is 12.1. The fraction of sp³-hybridized carbons (Fsp3) is 0.353. The number of likely N-dealkylation sites (tertiary alicyclic amines) is 1. The van der Waals surface area contributed by atoms with Crippen molar-refractivity contribution in [3.05, 3.63) is 47.7 Å². The van der Waals surface area contributed by atoms with Gasteiger partial charge in [-0.1, -0.05) is 22.5 Å². The second-order valence-electron chi connectivity index (χ2n) is 6.25. The molecule has 0 N–H and O–H groups in total. The van der Waals surface area contributed by atoms with Gasteiger partial charge in [0.15, 0.2) is 5.69 Å². The molecule has 1 aliphatic heterocycles. The Hall–Kier alpha value is -3.10. The first-order valence-corrected chi connectivity index (χ1v) is 8.38. The summed E-state index contributed by atoms with van der Waals surface area (Å²) in [5.74, 6) is 0.0230. The van der Waals surface area contributed by atoms with E-state index in [0.717, 1.165) is 12.8 Å². The van der Waals surface area contributed by atoms with Crippen LogP contribution in [0.5, 0.6) is 0 Å². The average Bonchev–Trinajstić information content (AvgIpc) is 3.31.